The van der Waals surface area contributed by atoms with Crippen molar-refractivity contribution in [2.75, 3.05) is 13.2 Å². The molecule has 1 heterocycles. The first-order chi connectivity index (χ1) is 7.22. The van der Waals surface area contributed by atoms with Gasteiger partial charge in [0, 0.05) is 18.5 Å². The van der Waals surface area contributed by atoms with E-state index in [0.717, 1.165) is 13.0 Å². The second kappa shape index (κ2) is 6.80. The fraction of sp³-hybridized carbons (Fsp3) is 0.909. The second-order valence-corrected chi connectivity index (χ2v) is 4.34. The van der Waals surface area contributed by atoms with Crippen LogP contribution in [0.15, 0.2) is 0 Å². The quantitative estimate of drug-likeness (QED) is 0.621. The summed E-state index contributed by atoms with van der Waals surface area (Å²) in [5.41, 5.74) is 0. The average Bonchev–Trinajstić information content (AvgIpc) is 2.27. The molecule has 0 radical (unpaired) electrons. The number of rotatable bonds is 5. The van der Waals surface area contributed by atoms with Gasteiger partial charge in [-0.2, -0.15) is 0 Å². The van der Waals surface area contributed by atoms with Crippen LogP contribution in [0.25, 0.3) is 0 Å². The Hall–Kier alpha value is -0.610. The van der Waals surface area contributed by atoms with Crippen molar-refractivity contribution in [1.82, 2.24) is 10.6 Å². The Morgan fingerprint density at radius 3 is 3.00 bits per heavy atom. The van der Waals surface area contributed by atoms with Crippen molar-refractivity contribution in [2.45, 2.75) is 51.1 Å². The number of hydrogen-bond acceptors (Lipinski definition) is 3. The zero-order valence-corrected chi connectivity index (χ0v) is 9.46. The molecule has 0 bridgehead atoms. The minimum absolute atomic E-state index is 0.00736. The largest absolute Gasteiger partial charge is 0.394 e. The van der Waals surface area contributed by atoms with Gasteiger partial charge in [0.05, 0.1) is 6.61 Å². The van der Waals surface area contributed by atoms with Crippen molar-refractivity contribution < 1.29 is 9.90 Å². The number of aliphatic hydroxyl groups excluding tert-OH is 1. The van der Waals surface area contributed by atoms with Crippen LogP contribution in [0.3, 0.4) is 0 Å². The molecule has 4 nitrogen and oxygen atoms in total. The molecule has 0 spiro atoms. The molecule has 3 N–H and O–H groups in total. The Morgan fingerprint density at radius 2 is 2.40 bits per heavy atom. The van der Waals surface area contributed by atoms with E-state index in [4.69, 9.17) is 5.11 Å². The van der Waals surface area contributed by atoms with Crippen LogP contribution in [0.1, 0.15) is 39.0 Å². The average molecular weight is 214 g/mol. The minimum Gasteiger partial charge on any atom is -0.394 e. The summed E-state index contributed by atoms with van der Waals surface area (Å²) in [6.07, 6.45) is 5.17. The molecule has 1 rings (SSSR count). The van der Waals surface area contributed by atoms with Gasteiger partial charge in [0.1, 0.15) is 0 Å². The zero-order chi connectivity index (χ0) is 11.1. The van der Waals surface area contributed by atoms with Crippen LogP contribution in [0.5, 0.6) is 0 Å². The SMILES string of the molecule is CC(CO)NC(=O)CCC1CCCCN1. The first-order valence-electron chi connectivity index (χ1n) is 5.86. The zero-order valence-electron chi connectivity index (χ0n) is 9.46. The van der Waals surface area contributed by atoms with Crippen molar-refractivity contribution in [3.05, 3.63) is 0 Å². The number of nitrogens with one attached hydrogen (secondary N) is 2. The summed E-state index contributed by atoms with van der Waals surface area (Å²) < 4.78 is 0. The van der Waals surface area contributed by atoms with Gasteiger partial charge in [-0.15, -0.1) is 0 Å². The summed E-state index contributed by atoms with van der Waals surface area (Å²) in [5.74, 6) is 0.0453. The lowest BCUT2D eigenvalue weighted by Crippen LogP contribution is -2.38. The predicted octanol–water partition coefficient (Wildman–Crippen LogP) is 0.406. The van der Waals surface area contributed by atoms with Crippen molar-refractivity contribution in [1.29, 1.82) is 0 Å². The van der Waals surface area contributed by atoms with E-state index >= 15 is 0 Å². The summed E-state index contributed by atoms with van der Waals surface area (Å²) in [4.78, 5) is 11.4. The summed E-state index contributed by atoms with van der Waals surface area (Å²) in [7, 11) is 0. The van der Waals surface area contributed by atoms with E-state index in [9.17, 15) is 4.79 Å². The van der Waals surface area contributed by atoms with E-state index < -0.39 is 0 Å². The van der Waals surface area contributed by atoms with E-state index in [-0.39, 0.29) is 18.6 Å². The fourth-order valence-electron chi connectivity index (χ4n) is 1.87. The molecule has 2 atom stereocenters. The molecular weight excluding hydrogens is 192 g/mol. The van der Waals surface area contributed by atoms with Crippen LogP contribution in [-0.2, 0) is 4.79 Å². The predicted molar refractivity (Wildman–Crippen MR) is 59.6 cm³/mol. The van der Waals surface area contributed by atoms with Gasteiger partial charge in [-0.3, -0.25) is 4.79 Å². The molecule has 1 aliphatic heterocycles. The molecule has 0 aromatic carbocycles. The number of carbonyl (C=O) groups excluding carboxylic acids is 1. The maximum atomic E-state index is 11.4. The van der Waals surface area contributed by atoms with Crippen molar-refractivity contribution >= 4 is 5.91 Å². The fourth-order valence-corrected chi connectivity index (χ4v) is 1.87. The Bertz CT molecular complexity index is 191. The van der Waals surface area contributed by atoms with Crippen LogP contribution in [0, 0.1) is 0 Å². The summed E-state index contributed by atoms with van der Waals surface area (Å²) >= 11 is 0. The number of aliphatic hydroxyl groups is 1. The Balaban J connectivity index is 2.10. The number of hydrogen-bond donors (Lipinski definition) is 3. The van der Waals surface area contributed by atoms with Gasteiger partial charge < -0.3 is 15.7 Å². The third-order valence-corrected chi connectivity index (χ3v) is 2.81. The minimum atomic E-state index is -0.128. The molecule has 4 heteroatoms. The lowest BCUT2D eigenvalue weighted by Gasteiger charge is -2.23. The molecule has 2 unspecified atom stereocenters. The third kappa shape index (κ3) is 5.14. The molecule has 0 aromatic heterocycles. The van der Waals surface area contributed by atoms with Crippen LogP contribution in [0.4, 0.5) is 0 Å². The molecule has 1 saturated heterocycles. The van der Waals surface area contributed by atoms with E-state index in [1.807, 2.05) is 0 Å². The topological polar surface area (TPSA) is 61.4 Å². The highest BCUT2D eigenvalue weighted by molar-refractivity contribution is 5.76. The molecule has 1 amide bonds. The van der Waals surface area contributed by atoms with E-state index in [2.05, 4.69) is 10.6 Å². The second-order valence-electron chi connectivity index (χ2n) is 4.34. The molecule has 0 aliphatic carbocycles. The monoisotopic (exact) mass is 214 g/mol. The third-order valence-electron chi connectivity index (χ3n) is 2.81. The smallest absolute Gasteiger partial charge is 0.220 e. The Labute approximate surface area is 91.4 Å². The van der Waals surface area contributed by atoms with Gasteiger partial charge in [0.15, 0.2) is 0 Å². The standard InChI is InChI=1S/C11H22N2O2/c1-9(8-14)13-11(15)6-5-10-4-2-3-7-12-10/h9-10,12,14H,2-8H2,1H3,(H,13,15). The lowest BCUT2D eigenvalue weighted by molar-refractivity contribution is -0.122. The molecular formula is C11H22N2O2. The van der Waals surface area contributed by atoms with E-state index in [1.54, 1.807) is 6.92 Å². The van der Waals surface area contributed by atoms with Crippen molar-refractivity contribution in [2.24, 2.45) is 0 Å². The van der Waals surface area contributed by atoms with E-state index in [0.29, 0.717) is 12.5 Å². The van der Waals surface area contributed by atoms with Crippen LogP contribution in [-0.4, -0.2) is 36.2 Å². The lowest BCUT2D eigenvalue weighted by atomic mass is 10.0. The van der Waals surface area contributed by atoms with Crippen molar-refractivity contribution in [3.63, 3.8) is 0 Å². The van der Waals surface area contributed by atoms with Gasteiger partial charge >= 0.3 is 0 Å². The van der Waals surface area contributed by atoms with Crippen LogP contribution in [0.2, 0.25) is 0 Å². The maximum Gasteiger partial charge on any atom is 0.220 e. The summed E-state index contributed by atoms with van der Waals surface area (Å²) in [5, 5.41) is 14.9. The van der Waals surface area contributed by atoms with Crippen molar-refractivity contribution in [3.8, 4) is 0 Å². The molecule has 88 valence electrons. The molecule has 15 heavy (non-hydrogen) atoms. The number of carbonyl (C=O) groups is 1. The highest BCUT2D eigenvalue weighted by Crippen LogP contribution is 2.11. The normalized spacial score (nSPS) is 23.5. The summed E-state index contributed by atoms with van der Waals surface area (Å²) in [6, 6.07) is 0.380. The summed E-state index contributed by atoms with van der Waals surface area (Å²) in [6.45, 7) is 2.89. The van der Waals surface area contributed by atoms with Gasteiger partial charge in [-0.1, -0.05) is 6.42 Å². The van der Waals surface area contributed by atoms with Gasteiger partial charge in [0.25, 0.3) is 0 Å². The Kier molecular flexibility index (Phi) is 5.65. The highest BCUT2D eigenvalue weighted by Gasteiger charge is 2.14. The van der Waals surface area contributed by atoms with E-state index in [1.165, 1.54) is 19.3 Å². The number of piperidine rings is 1. The van der Waals surface area contributed by atoms with Gasteiger partial charge in [-0.05, 0) is 32.7 Å². The molecule has 1 aliphatic rings. The first kappa shape index (κ1) is 12.5. The molecule has 0 aromatic rings. The Morgan fingerprint density at radius 1 is 1.60 bits per heavy atom. The van der Waals surface area contributed by atoms with Crippen LogP contribution < -0.4 is 10.6 Å². The molecule has 1 fully saturated rings. The van der Waals surface area contributed by atoms with Gasteiger partial charge in [-0.25, -0.2) is 0 Å². The maximum absolute atomic E-state index is 11.4. The highest BCUT2D eigenvalue weighted by atomic mass is 16.3. The first-order valence-corrected chi connectivity index (χ1v) is 5.86. The van der Waals surface area contributed by atoms with Crippen LogP contribution >= 0.6 is 0 Å². The number of amides is 1. The van der Waals surface area contributed by atoms with Gasteiger partial charge in [0.2, 0.25) is 5.91 Å². The molecule has 0 saturated carbocycles.